The summed E-state index contributed by atoms with van der Waals surface area (Å²) in [5.74, 6) is 0.392. The molecule has 2 aromatic rings. The van der Waals surface area contributed by atoms with Gasteiger partial charge in [0.2, 0.25) is 6.33 Å². The van der Waals surface area contributed by atoms with Crippen molar-refractivity contribution in [3.05, 3.63) is 48.5 Å². The number of hydrogen-bond donors (Lipinski definition) is 1. The first kappa shape index (κ1) is 12.2. The predicted octanol–water partition coefficient (Wildman–Crippen LogP) is 1.17. The lowest BCUT2D eigenvalue weighted by atomic mass is 10.2. The number of H-pyrrole nitrogens is 1. The zero-order valence-corrected chi connectivity index (χ0v) is 10.1. The van der Waals surface area contributed by atoms with E-state index < -0.39 is 0 Å². The molecule has 0 amide bonds. The summed E-state index contributed by atoms with van der Waals surface area (Å²) in [5.41, 5.74) is 0.518. The Morgan fingerprint density at radius 2 is 2.11 bits per heavy atom. The summed E-state index contributed by atoms with van der Waals surface area (Å²) in [7, 11) is 1.36. The minimum Gasteiger partial charge on any atom is -0.489 e. The molecular formula is C13H15N2O3+. The van der Waals surface area contributed by atoms with Crippen LogP contribution in [0.3, 0.4) is 0 Å². The molecule has 2 rings (SSSR count). The van der Waals surface area contributed by atoms with Gasteiger partial charge in [-0.05, 0) is 24.3 Å². The first-order chi connectivity index (χ1) is 8.79. The van der Waals surface area contributed by atoms with E-state index in [2.05, 4.69) is 9.72 Å². The second-order valence-corrected chi connectivity index (χ2v) is 3.71. The van der Waals surface area contributed by atoms with E-state index in [1.807, 2.05) is 23.3 Å². The molecule has 18 heavy (non-hydrogen) atoms. The number of ether oxygens (including phenoxy) is 2. The summed E-state index contributed by atoms with van der Waals surface area (Å²) in [6.45, 7) is 1.34. The topological polar surface area (TPSA) is 55.2 Å². The number of hydrogen-bond acceptors (Lipinski definition) is 3. The van der Waals surface area contributed by atoms with Gasteiger partial charge in [-0.15, -0.1) is 0 Å². The molecular weight excluding hydrogens is 232 g/mol. The molecule has 0 aliphatic heterocycles. The van der Waals surface area contributed by atoms with Gasteiger partial charge in [0, 0.05) is 0 Å². The number of nitrogens with zero attached hydrogens (tertiary/aromatic N) is 1. The van der Waals surface area contributed by atoms with E-state index in [9.17, 15) is 4.79 Å². The van der Waals surface area contributed by atoms with E-state index in [1.165, 1.54) is 7.11 Å². The number of aromatic nitrogens is 2. The zero-order valence-electron chi connectivity index (χ0n) is 10.1. The third kappa shape index (κ3) is 3.10. The van der Waals surface area contributed by atoms with Gasteiger partial charge in [-0.2, -0.15) is 0 Å². The van der Waals surface area contributed by atoms with Crippen LogP contribution in [0, 0.1) is 0 Å². The van der Waals surface area contributed by atoms with Crippen LogP contribution in [0.15, 0.2) is 43.0 Å². The van der Waals surface area contributed by atoms with Gasteiger partial charge in [-0.1, -0.05) is 0 Å². The normalized spacial score (nSPS) is 10.1. The highest BCUT2D eigenvalue weighted by Gasteiger charge is 2.04. The molecule has 0 radical (unpaired) electrons. The number of benzene rings is 1. The molecule has 1 N–H and O–H groups in total. The highest BCUT2D eigenvalue weighted by atomic mass is 16.5. The second kappa shape index (κ2) is 5.86. The highest BCUT2D eigenvalue weighted by molar-refractivity contribution is 5.89. The number of imidazole rings is 1. The van der Waals surface area contributed by atoms with E-state index in [0.717, 1.165) is 12.3 Å². The van der Waals surface area contributed by atoms with Gasteiger partial charge in [0.1, 0.15) is 31.3 Å². The second-order valence-electron chi connectivity index (χ2n) is 3.71. The molecule has 0 saturated heterocycles. The smallest absolute Gasteiger partial charge is 0.337 e. The third-order valence-corrected chi connectivity index (χ3v) is 2.50. The quantitative estimate of drug-likeness (QED) is 0.637. The molecule has 5 heteroatoms. The predicted molar refractivity (Wildman–Crippen MR) is 64.3 cm³/mol. The maximum Gasteiger partial charge on any atom is 0.337 e. The molecule has 94 valence electrons. The van der Waals surface area contributed by atoms with Gasteiger partial charge in [0.15, 0.2) is 0 Å². The minimum atomic E-state index is -0.343. The Labute approximate surface area is 105 Å². The van der Waals surface area contributed by atoms with E-state index in [1.54, 1.807) is 24.3 Å². The molecule has 0 bridgehead atoms. The number of aromatic amines is 1. The third-order valence-electron chi connectivity index (χ3n) is 2.50. The number of esters is 1. The van der Waals surface area contributed by atoms with Crippen molar-refractivity contribution in [2.24, 2.45) is 0 Å². The lowest BCUT2D eigenvalue weighted by Crippen LogP contribution is -2.33. The van der Waals surface area contributed by atoms with Gasteiger partial charge >= 0.3 is 5.97 Å². The summed E-state index contributed by atoms with van der Waals surface area (Å²) < 4.78 is 12.2. The minimum absolute atomic E-state index is 0.343. The van der Waals surface area contributed by atoms with E-state index in [4.69, 9.17) is 4.74 Å². The standard InChI is InChI=1S/C13H14N2O3/c1-17-13(16)11-2-4-12(5-3-11)18-9-8-15-7-6-14-10-15/h2-7,10H,8-9H2,1H3/p+1. The summed E-state index contributed by atoms with van der Waals surface area (Å²) in [4.78, 5) is 14.2. The molecule has 1 aromatic heterocycles. The zero-order chi connectivity index (χ0) is 12.8. The summed E-state index contributed by atoms with van der Waals surface area (Å²) in [5, 5.41) is 0. The van der Waals surface area contributed by atoms with Crippen LogP contribution in [0.25, 0.3) is 0 Å². The average molecular weight is 247 g/mol. The Bertz CT molecular complexity index is 491. The van der Waals surface area contributed by atoms with Crippen molar-refractivity contribution in [3.8, 4) is 5.75 Å². The largest absolute Gasteiger partial charge is 0.489 e. The van der Waals surface area contributed by atoms with Gasteiger partial charge in [-0.25, -0.2) is 9.36 Å². The molecule has 0 saturated carbocycles. The number of methoxy groups -OCH3 is 1. The molecule has 0 aliphatic carbocycles. The Balaban J connectivity index is 1.85. The summed E-state index contributed by atoms with van der Waals surface area (Å²) >= 11 is 0. The van der Waals surface area contributed by atoms with Crippen LogP contribution in [0.1, 0.15) is 10.4 Å². The highest BCUT2D eigenvalue weighted by Crippen LogP contribution is 2.12. The molecule has 0 unspecified atom stereocenters. The summed E-state index contributed by atoms with van der Waals surface area (Å²) in [6, 6.07) is 6.89. The molecule has 0 spiro atoms. The van der Waals surface area contributed by atoms with Crippen LogP contribution < -0.4 is 9.30 Å². The van der Waals surface area contributed by atoms with Gasteiger partial charge in [0.05, 0.1) is 12.7 Å². The Morgan fingerprint density at radius 1 is 1.33 bits per heavy atom. The first-order valence-electron chi connectivity index (χ1n) is 5.62. The SMILES string of the molecule is COC(=O)c1ccc(OCC[n+]2cc[nH]c2)cc1. The molecule has 0 aliphatic rings. The van der Waals surface area contributed by atoms with Crippen LogP contribution in [0.4, 0.5) is 0 Å². The van der Waals surface area contributed by atoms with Crippen LogP contribution >= 0.6 is 0 Å². The van der Waals surface area contributed by atoms with Crippen molar-refractivity contribution in [1.82, 2.24) is 4.98 Å². The van der Waals surface area contributed by atoms with E-state index in [-0.39, 0.29) is 5.97 Å². The van der Waals surface area contributed by atoms with Gasteiger partial charge < -0.3 is 9.47 Å². The van der Waals surface area contributed by atoms with Crippen LogP contribution in [0.5, 0.6) is 5.75 Å². The Kier molecular flexibility index (Phi) is 3.96. The number of carbonyl (C=O) groups excluding carboxylic acids is 1. The number of nitrogens with one attached hydrogen (secondary N) is 1. The average Bonchev–Trinajstić information content (AvgIpc) is 2.92. The van der Waals surface area contributed by atoms with Crippen molar-refractivity contribution >= 4 is 5.97 Å². The van der Waals surface area contributed by atoms with E-state index >= 15 is 0 Å². The fourth-order valence-corrected chi connectivity index (χ4v) is 1.53. The van der Waals surface area contributed by atoms with Gasteiger partial charge in [-0.3, -0.25) is 4.98 Å². The van der Waals surface area contributed by atoms with Crippen LogP contribution in [-0.4, -0.2) is 24.7 Å². The Morgan fingerprint density at radius 3 is 2.72 bits per heavy atom. The Hall–Kier alpha value is -2.30. The lowest BCUT2D eigenvalue weighted by Gasteiger charge is -2.05. The van der Waals surface area contributed by atoms with Crippen molar-refractivity contribution in [3.63, 3.8) is 0 Å². The molecule has 0 atom stereocenters. The summed E-state index contributed by atoms with van der Waals surface area (Å²) in [6.07, 6.45) is 5.65. The van der Waals surface area contributed by atoms with Gasteiger partial charge in [0.25, 0.3) is 0 Å². The maximum absolute atomic E-state index is 11.2. The number of carbonyl (C=O) groups is 1. The fourth-order valence-electron chi connectivity index (χ4n) is 1.53. The maximum atomic E-state index is 11.2. The van der Waals surface area contributed by atoms with Crippen molar-refractivity contribution in [2.45, 2.75) is 6.54 Å². The fraction of sp³-hybridized carbons (Fsp3) is 0.231. The van der Waals surface area contributed by atoms with Crippen LogP contribution in [0.2, 0.25) is 0 Å². The van der Waals surface area contributed by atoms with E-state index in [0.29, 0.717) is 12.2 Å². The van der Waals surface area contributed by atoms with Crippen molar-refractivity contribution < 1.29 is 18.8 Å². The van der Waals surface area contributed by atoms with Crippen molar-refractivity contribution in [2.75, 3.05) is 13.7 Å². The van der Waals surface area contributed by atoms with Crippen LogP contribution in [-0.2, 0) is 11.3 Å². The molecule has 0 fully saturated rings. The lowest BCUT2D eigenvalue weighted by molar-refractivity contribution is -0.696. The first-order valence-corrected chi connectivity index (χ1v) is 5.62. The molecule has 5 nitrogen and oxygen atoms in total. The monoisotopic (exact) mass is 247 g/mol. The van der Waals surface area contributed by atoms with Crippen molar-refractivity contribution in [1.29, 1.82) is 0 Å². The molecule has 1 heterocycles. The molecule has 1 aromatic carbocycles. The number of rotatable bonds is 5.